The lowest BCUT2D eigenvalue weighted by molar-refractivity contribution is -0.176. The molecule has 0 amide bonds. The summed E-state index contributed by atoms with van der Waals surface area (Å²) in [7, 11) is 0. The Bertz CT molecular complexity index is 399. The Balaban J connectivity index is 2.10. The van der Waals surface area contributed by atoms with Gasteiger partial charge in [-0.05, 0) is 45.4 Å². The van der Waals surface area contributed by atoms with E-state index < -0.39 is 0 Å². The fourth-order valence-electron chi connectivity index (χ4n) is 2.68. The molecule has 0 spiro atoms. The summed E-state index contributed by atoms with van der Waals surface area (Å²) in [6, 6.07) is 0. The average molecular weight is 374 g/mol. The van der Waals surface area contributed by atoms with Crippen LogP contribution >= 0.6 is 0 Å². The Morgan fingerprint density at radius 1 is 0.885 bits per heavy atom. The van der Waals surface area contributed by atoms with Crippen molar-refractivity contribution in [2.75, 3.05) is 19.8 Å². The van der Waals surface area contributed by atoms with E-state index >= 15 is 0 Å². The van der Waals surface area contributed by atoms with Crippen molar-refractivity contribution >= 4 is 11.9 Å². The molecule has 0 radical (unpaired) electrons. The first kappa shape index (κ1) is 22.9. The summed E-state index contributed by atoms with van der Waals surface area (Å²) in [5.74, 6) is -0.470. The van der Waals surface area contributed by atoms with E-state index in [1.54, 1.807) is 6.92 Å². The number of aliphatic hydroxyl groups excluding tert-OH is 2. The van der Waals surface area contributed by atoms with Crippen molar-refractivity contribution in [1.29, 1.82) is 0 Å². The molecule has 1 rings (SSSR count). The molecule has 1 fully saturated rings. The second-order valence-electron chi connectivity index (χ2n) is 6.85. The summed E-state index contributed by atoms with van der Waals surface area (Å²) >= 11 is 0. The Labute approximate surface area is 156 Å². The Hall–Kier alpha value is -1.18. The maximum Gasteiger partial charge on any atom is 0.306 e. The third kappa shape index (κ3) is 10.1. The maximum atomic E-state index is 11.8. The SMILES string of the molecule is CC(COC1CCC1OC(=O)CCCCCO)OC(=O)CCCCCO. The summed E-state index contributed by atoms with van der Waals surface area (Å²) in [6.07, 6.45) is 6.17. The first-order valence-corrected chi connectivity index (χ1v) is 9.79. The lowest BCUT2D eigenvalue weighted by Crippen LogP contribution is -2.43. The van der Waals surface area contributed by atoms with Crippen molar-refractivity contribution < 1.29 is 34.0 Å². The zero-order valence-electron chi connectivity index (χ0n) is 15.9. The van der Waals surface area contributed by atoms with E-state index in [1.807, 2.05) is 0 Å². The fraction of sp³-hybridized carbons (Fsp3) is 0.895. The number of aliphatic hydroxyl groups is 2. The Morgan fingerprint density at radius 3 is 2.00 bits per heavy atom. The number of unbranched alkanes of at least 4 members (excludes halogenated alkanes) is 4. The van der Waals surface area contributed by atoms with Crippen molar-refractivity contribution in [3.63, 3.8) is 0 Å². The predicted molar refractivity (Wildman–Crippen MR) is 95.5 cm³/mol. The van der Waals surface area contributed by atoms with Gasteiger partial charge in [0.2, 0.25) is 0 Å². The van der Waals surface area contributed by atoms with Crippen LogP contribution < -0.4 is 0 Å². The lowest BCUT2D eigenvalue weighted by Gasteiger charge is -2.36. The molecule has 26 heavy (non-hydrogen) atoms. The smallest absolute Gasteiger partial charge is 0.306 e. The highest BCUT2D eigenvalue weighted by molar-refractivity contribution is 5.69. The van der Waals surface area contributed by atoms with Crippen molar-refractivity contribution in [3.05, 3.63) is 0 Å². The summed E-state index contributed by atoms with van der Waals surface area (Å²) < 4.78 is 16.4. The number of carbonyl (C=O) groups excluding carboxylic acids is 2. The van der Waals surface area contributed by atoms with Gasteiger partial charge in [0.25, 0.3) is 0 Å². The van der Waals surface area contributed by atoms with E-state index in [2.05, 4.69) is 0 Å². The molecule has 0 aromatic rings. The van der Waals surface area contributed by atoms with Gasteiger partial charge in [0.05, 0.1) is 12.7 Å². The monoisotopic (exact) mass is 374 g/mol. The Kier molecular flexibility index (Phi) is 12.3. The van der Waals surface area contributed by atoms with Crippen LogP contribution in [0.4, 0.5) is 0 Å². The topological polar surface area (TPSA) is 102 Å². The van der Waals surface area contributed by atoms with Crippen LogP contribution in [0.3, 0.4) is 0 Å². The van der Waals surface area contributed by atoms with E-state index in [0.717, 1.165) is 32.1 Å². The standard InChI is InChI=1S/C19H34O7/c1-15(25-18(22)8-4-2-6-12-20)14-24-16-10-11-17(16)26-19(23)9-5-3-7-13-21/h15-17,20-21H,2-14H2,1H3. The van der Waals surface area contributed by atoms with Crippen LogP contribution in [0, 0.1) is 0 Å². The average Bonchev–Trinajstić information content (AvgIpc) is 2.59. The van der Waals surface area contributed by atoms with Crippen LogP contribution in [0.1, 0.15) is 71.1 Å². The normalized spacial score (nSPS) is 20.3. The number of hydrogen-bond donors (Lipinski definition) is 2. The summed E-state index contributed by atoms with van der Waals surface area (Å²) in [6.45, 7) is 2.37. The van der Waals surface area contributed by atoms with Crippen LogP contribution in [0.25, 0.3) is 0 Å². The molecule has 0 aromatic heterocycles. The van der Waals surface area contributed by atoms with E-state index in [-0.39, 0.29) is 50.1 Å². The highest BCUT2D eigenvalue weighted by Crippen LogP contribution is 2.27. The molecule has 0 bridgehead atoms. The quantitative estimate of drug-likeness (QED) is 0.334. The molecule has 1 aliphatic carbocycles. The number of hydrogen-bond acceptors (Lipinski definition) is 7. The number of rotatable bonds is 15. The molecule has 7 heteroatoms. The second-order valence-corrected chi connectivity index (χ2v) is 6.85. The van der Waals surface area contributed by atoms with Gasteiger partial charge in [-0.15, -0.1) is 0 Å². The van der Waals surface area contributed by atoms with Gasteiger partial charge in [0.15, 0.2) is 0 Å². The first-order chi connectivity index (χ1) is 12.6. The van der Waals surface area contributed by atoms with Gasteiger partial charge in [0, 0.05) is 26.1 Å². The summed E-state index contributed by atoms with van der Waals surface area (Å²) in [4.78, 5) is 23.4. The van der Waals surface area contributed by atoms with E-state index in [0.29, 0.717) is 32.1 Å². The van der Waals surface area contributed by atoms with Crippen molar-refractivity contribution in [3.8, 4) is 0 Å². The van der Waals surface area contributed by atoms with Crippen molar-refractivity contribution in [2.45, 2.75) is 89.4 Å². The molecule has 0 aromatic carbocycles. The molecule has 1 aliphatic rings. The molecule has 0 aliphatic heterocycles. The van der Waals surface area contributed by atoms with Crippen LogP contribution in [-0.2, 0) is 23.8 Å². The molecule has 7 nitrogen and oxygen atoms in total. The van der Waals surface area contributed by atoms with Crippen LogP contribution in [-0.4, -0.2) is 60.3 Å². The number of esters is 2. The molecule has 1 saturated carbocycles. The number of ether oxygens (including phenoxy) is 3. The third-order valence-electron chi connectivity index (χ3n) is 4.39. The van der Waals surface area contributed by atoms with E-state index in [1.165, 1.54) is 0 Å². The summed E-state index contributed by atoms with van der Waals surface area (Å²) in [5, 5.41) is 17.4. The van der Waals surface area contributed by atoms with Crippen molar-refractivity contribution in [2.24, 2.45) is 0 Å². The van der Waals surface area contributed by atoms with Crippen LogP contribution in [0.5, 0.6) is 0 Å². The minimum atomic E-state index is -0.337. The molecule has 0 heterocycles. The van der Waals surface area contributed by atoms with E-state index in [4.69, 9.17) is 24.4 Å². The minimum Gasteiger partial charge on any atom is -0.460 e. The summed E-state index contributed by atoms with van der Waals surface area (Å²) in [5.41, 5.74) is 0. The molecule has 3 unspecified atom stereocenters. The first-order valence-electron chi connectivity index (χ1n) is 9.79. The third-order valence-corrected chi connectivity index (χ3v) is 4.39. The maximum absolute atomic E-state index is 11.8. The lowest BCUT2D eigenvalue weighted by atomic mass is 9.91. The highest BCUT2D eigenvalue weighted by Gasteiger charge is 2.35. The molecular formula is C19H34O7. The molecule has 0 saturated heterocycles. The van der Waals surface area contributed by atoms with E-state index in [9.17, 15) is 9.59 Å². The van der Waals surface area contributed by atoms with Gasteiger partial charge in [-0.25, -0.2) is 0 Å². The van der Waals surface area contributed by atoms with Gasteiger partial charge < -0.3 is 24.4 Å². The molecule has 152 valence electrons. The highest BCUT2D eigenvalue weighted by atomic mass is 16.6. The minimum absolute atomic E-state index is 0.123. The van der Waals surface area contributed by atoms with Gasteiger partial charge in [-0.2, -0.15) is 0 Å². The molecular weight excluding hydrogens is 340 g/mol. The van der Waals surface area contributed by atoms with Crippen LogP contribution in [0.15, 0.2) is 0 Å². The van der Waals surface area contributed by atoms with Gasteiger partial charge in [-0.1, -0.05) is 12.8 Å². The zero-order valence-corrected chi connectivity index (χ0v) is 15.9. The molecule has 3 atom stereocenters. The largest absolute Gasteiger partial charge is 0.460 e. The van der Waals surface area contributed by atoms with Crippen molar-refractivity contribution in [1.82, 2.24) is 0 Å². The predicted octanol–water partition coefficient (Wildman–Crippen LogP) is 2.11. The Morgan fingerprint density at radius 2 is 1.46 bits per heavy atom. The zero-order chi connectivity index (χ0) is 19.2. The van der Waals surface area contributed by atoms with Crippen LogP contribution in [0.2, 0.25) is 0 Å². The molecule has 2 N–H and O–H groups in total. The van der Waals surface area contributed by atoms with Gasteiger partial charge >= 0.3 is 11.9 Å². The number of carbonyl (C=O) groups is 2. The van der Waals surface area contributed by atoms with Gasteiger partial charge in [-0.3, -0.25) is 9.59 Å². The van der Waals surface area contributed by atoms with Gasteiger partial charge in [0.1, 0.15) is 12.2 Å². The second kappa shape index (κ2) is 13.9. The fourth-order valence-corrected chi connectivity index (χ4v) is 2.68.